The number of aromatic nitrogens is 2. The summed E-state index contributed by atoms with van der Waals surface area (Å²) in [7, 11) is 0. The van der Waals surface area contributed by atoms with Crippen molar-refractivity contribution in [3.63, 3.8) is 0 Å². The quantitative estimate of drug-likeness (QED) is 0.637. The first-order chi connectivity index (χ1) is 13.7. The van der Waals surface area contributed by atoms with Gasteiger partial charge in [0, 0.05) is 25.8 Å². The third-order valence-corrected chi connectivity index (χ3v) is 4.52. The molecule has 1 saturated heterocycles. The average molecular weight is 455 g/mol. The highest BCUT2D eigenvalue weighted by Crippen LogP contribution is 2.22. The molecule has 3 aromatic rings. The minimum Gasteiger partial charge on any atom is -0.490 e. The van der Waals surface area contributed by atoms with Crippen LogP contribution >= 0.6 is 24.8 Å². The summed E-state index contributed by atoms with van der Waals surface area (Å²) >= 11 is 0. The van der Waals surface area contributed by atoms with Gasteiger partial charge in [0.25, 0.3) is 5.91 Å². The number of nitrogens with one attached hydrogen (secondary N) is 1. The van der Waals surface area contributed by atoms with E-state index >= 15 is 0 Å². The van der Waals surface area contributed by atoms with E-state index in [1.165, 1.54) is 12.3 Å². The van der Waals surface area contributed by atoms with Crippen molar-refractivity contribution in [1.29, 1.82) is 0 Å². The molecule has 30 heavy (non-hydrogen) atoms. The molecule has 2 aromatic heterocycles. The van der Waals surface area contributed by atoms with Gasteiger partial charge in [-0.05, 0) is 24.3 Å². The Hall–Kier alpha value is -2.68. The van der Waals surface area contributed by atoms with Crippen molar-refractivity contribution >= 4 is 30.7 Å². The molecule has 0 saturated carbocycles. The zero-order chi connectivity index (χ0) is 19.3. The number of pyridine rings is 1. The van der Waals surface area contributed by atoms with Crippen LogP contribution in [-0.4, -0.2) is 53.1 Å². The number of amides is 1. The lowest BCUT2D eigenvalue weighted by Crippen LogP contribution is -2.56. The van der Waals surface area contributed by atoms with Crippen LogP contribution in [-0.2, 0) is 0 Å². The number of rotatable bonds is 5. The molecule has 160 valence electrons. The molecule has 1 unspecified atom stereocenters. The number of carbonyl (C=O) groups is 1. The predicted molar refractivity (Wildman–Crippen MR) is 114 cm³/mol. The number of hydrogen-bond donors (Lipinski definition) is 1. The number of halogens is 3. The molecule has 4 rings (SSSR count). The van der Waals surface area contributed by atoms with E-state index in [1.807, 2.05) is 6.07 Å². The van der Waals surface area contributed by atoms with Crippen LogP contribution in [0.2, 0.25) is 0 Å². The molecule has 1 amide bonds. The number of benzene rings is 1. The highest BCUT2D eigenvalue weighted by Gasteiger charge is 2.30. The van der Waals surface area contributed by atoms with Crippen molar-refractivity contribution in [1.82, 2.24) is 20.2 Å². The molecule has 0 spiro atoms. The normalized spacial score (nSPS) is 15.6. The molecule has 1 aliphatic rings. The molecule has 1 aromatic carbocycles. The van der Waals surface area contributed by atoms with Crippen LogP contribution in [0.5, 0.6) is 5.75 Å². The van der Waals surface area contributed by atoms with Gasteiger partial charge >= 0.3 is 0 Å². The molecule has 1 N–H and O–H groups in total. The number of carbonyl (C=O) groups excluding carboxylic acids is 1. The molecule has 0 bridgehead atoms. The van der Waals surface area contributed by atoms with Gasteiger partial charge in [0.05, 0.1) is 17.8 Å². The Morgan fingerprint density at radius 2 is 2.10 bits per heavy atom. The Kier molecular flexibility index (Phi) is 8.58. The van der Waals surface area contributed by atoms with Gasteiger partial charge < -0.3 is 19.4 Å². The summed E-state index contributed by atoms with van der Waals surface area (Å²) in [4.78, 5) is 22.9. The first-order valence-corrected chi connectivity index (χ1v) is 8.97. The van der Waals surface area contributed by atoms with Crippen LogP contribution in [0.4, 0.5) is 4.39 Å². The number of ether oxygens (including phenoxy) is 1. The zero-order valence-electron chi connectivity index (χ0n) is 15.9. The van der Waals surface area contributed by atoms with Crippen molar-refractivity contribution in [2.45, 2.75) is 6.04 Å². The van der Waals surface area contributed by atoms with Gasteiger partial charge in [0.1, 0.15) is 24.4 Å². The number of oxazole rings is 1. The fraction of sp³-hybridized carbons (Fsp3) is 0.250. The van der Waals surface area contributed by atoms with Crippen LogP contribution < -0.4 is 10.1 Å². The second-order valence-corrected chi connectivity index (χ2v) is 6.37. The molecule has 0 radical (unpaired) electrons. The molecular weight excluding hydrogens is 434 g/mol. The fourth-order valence-corrected chi connectivity index (χ4v) is 3.08. The van der Waals surface area contributed by atoms with Gasteiger partial charge in [0.15, 0.2) is 5.69 Å². The van der Waals surface area contributed by atoms with Crippen molar-refractivity contribution in [3.8, 4) is 17.2 Å². The average Bonchev–Trinajstić information content (AvgIpc) is 3.23. The molecule has 7 nitrogen and oxygen atoms in total. The summed E-state index contributed by atoms with van der Waals surface area (Å²) in [6.45, 7) is 2.11. The Morgan fingerprint density at radius 3 is 2.87 bits per heavy atom. The largest absolute Gasteiger partial charge is 0.490 e. The molecule has 10 heteroatoms. The minimum atomic E-state index is -0.451. The van der Waals surface area contributed by atoms with Crippen LogP contribution in [0.1, 0.15) is 10.5 Å². The van der Waals surface area contributed by atoms with Crippen LogP contribution in [0.25, 0.3) is 11.5 Å². The third-order valence-electron chi connectivity index (χ3n) is 4.52. The first-order valence-electron chi connectivity index (χ1n) is 8.97. The maximum Gasteiger partial charge on any atom is 0.276 e. The van der Waals surface area contributed by atoms with Gasteiger partial charge in [-0.1, -0.05) is 12.1 Å². The fourth-order valence-electron chi connectivity index (χ4n) is 3.08. The SMILES string of the molecule is Cl.Cl.O=C(c1coc(-c2ccccc2F)n1)N1CCNCC1COc1cccnc1. The van der Waals surface area contributed by atoms with Crippen molar-refractivity contribution in [2.24, 2.45) is 0 Å². The Bertz CT molecular complexity index is 958. The summed E-state index contributed by atoms with van der Waals surface area (Å²) < 4.78 is 25.1. The Balaban J connectivity index is 0.00000160. The topological polar surface area (TPSA) is 80.5 Å². The van der Waals surface area contributed by atoms with Crippen molar-refractivity contribution in [2.75, 3.05) is 26.2 Å². The van der Waals surface area contributed by atoms with E-state index < -0.39 is 5.82 Å². The maximum atomic E-state index is 13.9. The van der Waals surface area contributed by atoms with E-state index in [9.17, 15) is 9.18 Å². The maximum absolute atomic E-state index is 13.9. The highest BCUT2D eigenvalue weighted by atomic mass is 35.5. The zero-order valence-corrected chi connectivity index (χ0v) is 17.5. The van der Waals surface area contributed by atoms with E-state index in [2.05, 4.69) is 15.3 Å². The molecule has 1 atom stereocenters. The summed E-state index contributed by atoms with van der Waals surface area (Å²) in [5, 5.41) is 3.26. The molecule has 1 fully saturated rings. The van der Waals surface area contributed by atoms with E-state index in [4.69, 9.17) is 9.15 Å². The van der Waals surface area contributed by atoms with E-state index in [0.29, 0.717) is 32.0 Å². The molecule has 1 aliphatic heterocycles. The Morgan fingerprint density at radius 1 is 1.27 bits per heavy atom. The van der Waals surface area contributed by atoms with Gasteiger partial charge in [-0.25, -0.2) is 9.37 Å². The van der Waals surface area contributed by atoms with E-state index in [0.717, 1.165) is 0 Å². The second-order valence-electron chi connectivity index (χ2n) is 6.37. The van der Waals surface area contributed by atoms with Crippen molar-refractivity contribution in [3.05, 3.63) is 66.6 Å². The lowest BCUT2D eigenvalue weighted by atomic mass is 10.2. The van der Waals surface area contributed by atoms with Crippen LogP contribution in [0.15, 0.2) is 59.5 Å². The van der Waals surface area contributed by atoms with Gasteiger partial charge in [-0.15, -0.1) is 24.8 Å². The summed E-state index contributed by atoms with van der Waals surface area (Å²) in [6, 6.07) is 9.59. The molecule has 3 heterocycles. The smallest absolute Gasteiger partial charge is 0.276 e. The third kappa shape index (κ3) is 5.27. The predicted octanol–water partition coefficient (Wildman–Crippen LogP) is 3.21. The second kappa shape index (κ2) is 10.9. The monoisotopic (exact) mass is 454 g/mol. The number of piperazine rings is 1. The standard InChI is InChI=1S/C20H19FN4O3.2ClH/c21-17-6-2-1-5-16(17)19-24-18(13-28-19)20(26)25-9-8-23-10-14(25)12-27-15-4-3-7-22-11-15;;/h1-7,11,13-14,23H,8-10,12H2;2*1H. The molecule has 0 aliphatic carbocycles. The minimum absolute atomic E-state index is 0. The summed E-state index contributed by atoms with van der Waals surface area (Å²) in [5.41, 5.74) is 0.366. The Labute approximate surface area is 185 Å². The van der Waals surface area contributed by atoms with Crippen molar-refractivity contribution < 1.29 is 18.3 Å². The van der Waals surface area contributed by atoms with Crippen LogP contribution in [0.3, 0.4) is 0 Å². The highest BCUT2D eigenvalue weighted by molar-refractivity contribution is 5.92. The number of nitrogens with zero attached hydrogens (tertiary/aromatic N) is 3. The van der Waals surface area contributed by atoms with E-state index in [-0.39, 0.29) is 53.9 Å². The summed E-state index contributed by atoms with van der Waals surface area (Å²) in [5.74, 6) is 0.00406. The van der Waals surface area contributed by atoms with Gasteiger partial charge in [-0.3, -0.25) is 9.78 Å². The lowest BCUT2D eigenvalue weighted by molar-refractivity contribution is 0.0553. The molecular formula is C20H21Cl2FN4O3. The van der Waals surface area contributed by atoms with Gasteiger partial charge in [-0.2, -0.15) is 0 Å². The number of hydrogen-bond acceptors (Lipinski definition) is 6. The lowest BCUT2D eigenvalue weighted by Gasteiger charge is -2.35. The van der Waals surface area contributed by atoms with Crippen LogP contribution in [0, 0.1) is 5.82 Å². The van der Waals surface area contributed by atoms with E-state index in [1.54, 1.807) is 41.6 Å². The summed E-state index contributed by atoms with van der Waals surface area (Å²) in [6.07, 6.45) is 4.56. The first kappa shape index (κ1) is 23.6. The van der Waals surface area contributed by atoms with Gasteiger partial charge in [0.2, 0.25) is 5.89 Å².